The fourth-order valence-electron chi connectivity index (χ4n) is 2.29. The van der Waals surface area contributed by atoms with Gasteiger partial charge in [0, 0.05) is 13.1 Å². The van der Waals surface area contributed by atoms with E-state index >= 15 is 0 Å². The van der Waals surface area contributed by atoms with E-state index in [-0.39, 0.29) is 12.7 Å². The Hall–Kier alpha value is -1.77. The summed E-state index contributed by atoms with van der Waals surface area (Å²) in [7, 11) is 0. The summed E-state index contributed by atoms with van der Waals surface area (Å²) in [5.41, 5.74) is 1.45. The van der Waals surface area contributed by atoms with E-state index in [0.29, 0.717) is 10.6 Å². The number of carboxylic acids is 1. The zero-order valence-electron chi connectivity index (χ0n) is 10.9. The highest BCUT2D eigenvalue weighted by atomic mass is 35.5. The molecule has 1 saturated heterocycles. The van der Waals surface area contributed by atoms with Crippen molar-refractivity contribution in [2.75, 3.05) is 24.6 Å². The van der Waals surface area contributed by atoms with Crippen molar-refractivity contribution in [2.45, 2.75) is 18.9 Å². The fraction of sp³-hybridized carbons (Fsp3) is 0.429. The average molecular weight is 295 g/mol. The number of hydrogen-bond donors (Lipinski definition) is 1. The molecule has 1 aliphatic heterocycles. The molecule has 1 aliphatic rings. The monoisotopic (exact) mass is 294 g/mol. The van der Waals surface area contributed by atoms with Crippen molar-refractivity contribution in [2.24, 2.45) is 0 Å². The molecule has 0 amide bonds. The van der Waals surface area contributed by atoms with Crippen LogP contribution in [-0.4, -0.2) is 36.9 Å². The van der Waals surface area contributed by atoms with E-state index in [9.17, 15) is 4.79 Å². The van der Waals surface area contributed by atoms with Crippen LogP contribution in [-0.2, 0) is 9.53 Å². The first-order valence-corrected chi connectivity index (χ1v) is 6.76. The third-order valence-corrected chi connectivity index (χ3v) is 3.60. The Morgan fingerprint density at radius 3 is 2.75 bits per heavy atom. The van der Waals surface area contributed by atoms with Gasteiger partial charge in [-0.1, -0.05) is 11.6 Å². The molecule has 0 aliphatic carbocycles. The van der Waals surface area contributed by atoms with Crippen molar-refractivity contribution in [3.8, 4) is 6.07 Å². The Morgan fingerprint density at radius 1 is 1.50 bits per heavy atom. The summed E-state index contributed by atoms with van der Waals surface area (Å²) in [4.78, 5) is 12.6. The summed E-state index contributed by atoms with van der Waals surface area (Å²) in [5, 5.41) is 18.0. The number of halogens is 1. The topological polar surface area (TPSA) is 73.6 Å². The molecule has 5 nitrogen and oxygen atoms in total. The second-order valence-electron chi connectivity index (χ2n) is 4.67. The zero-order chi connectivity index (χ0) is 14.5. The van der Waals surface area contributed by atoms with Crippen molar-refractivity contribution < 1.29 is 14.6 Å². The third-order valence-electron chi connectivity index (χ3n) is 3.30. The van der Waals surface area contributed by atoms with Crippen LogP contribution in [0.1, 0.15) is 18.4 Å². The van der Waals surface area contributed by atoms with Gasteiger partial charge in [0.2, 0.25) is 0 Å². The molecular formula is C14H15ClN2O3. The maximum Gasteiger partial charge on any atom is 0.329 e. The number of carboxylic acid groups (broad SMARTS) is 1. The van der Waals surface area contributed by atoms with Crippen LogP contribution in [0.15, 0.2) is 18.2 Å². The second-order valence-corrected chi connectivity index (χ2v) is 5.08. The first kappa shape index (κ1) is 14.6. The fourth-order valence-corrected chi connectivity index (χ4v) is 2.59. The van der Waals surface area contributed by atoms with E-state index in [1.165, 1.54) is 0 Å². The lowest BCUT2D eigenvalue weighted by Crippen LogP contribution is -2.37. The number of aliphatic carboxylic acids is 1. The van der Waals surface area contributed by atoms with Gasteiger partial charge < -0.3 is 14.7 Å². The molecule has 1 fully saturated rings. The summed E-state index contributed by atoms with van der Waals surface area (Å²) < 4.78 is 5.29. The lowest BCUT2D eigenvalue weighted by molar-refractivity contribution is -0.144. The summed E-state index contributed by atoms with van der Waals surface area (Å²) in [6, 6.07) is 7.30. The molecule has 20 heavy (non-hydrogen) atoms. The highest BCUT2D eigenvalue weighted by molar-refractivity contribution is 6.33. The molecule has 0 spiro atoms. The molecule has 0 radical (unpaired) electrons. The number of ether oxygens (including phenoxy) is 1. The number of rotatable bonds is 4. The van der Waals surface area contributed by atoms with Gasteiger partial charge >= 0.3 is 5.97 Å². The minimum atomic E-state index is -0.942. The number of piperidine rings is 1. The van der Waals surface area contributed by atoms with E-state index in [1.807, 2.05) is 6.07 Å². The molecule has 0 atom stereocenters. The molecule has 1 aromatic carbocycles. The van der Waals surface area contributed by atoms with Crippen LogP contribution in [0.3, 0.4) is 0 Å². The predicted molar refractivity (Wildman–Crippen MR) is 75.0 cm³/mol. The first-order chi connectivity index (χ1) is 9.60. The molecule has 2 rings (SSSR count). The number of benzene rings is 1. The Labute approximate surface area is 122 Å². The maximum absolute atomic E-state index is 10.5. The van der Waals surface area contributed by atoms with E-state index < -0.39 is 5.97 Å². The van der Waals surface area contributed by atoms with Gasteiger partial charge in [-0.2, -0.15) is 5.26 Å². The Kier molecular flexibility index (Phi) is 4.83. The largest absolute Gasteiger partial charge is 0.480 e. The third kappa shape index (κ3) is 3.62. The lowest BCUT2D eigenvalue weighted by atomic mass is 10.1. The minimum Gasteiger partial charge on any atom is -0.480 e. The van der Waals surface area contributed by atoms with Crippen LogP contribution < -0.4 is 4.90 Å². The molecule has 6 heteroatoms. The molecule has 0 unspecified atom stereocenters. The molecule has 1 aromatic rings. The van der Waals surface area contributed by atoms with Crippen molar-refractivity contribution >= 4 is 23.3 Å². The van der Waals surface area contributed by atoms with Crippen LogP contribution in [0, 0.1) is 11.3 Å². The van der Waals surface area contributed by atoms with Gasteiger partial charge in [-0.3, -0.25) is 0 Å². The number of carbonyl (C=O) groups is 1. The molecule has 106 valence electrons. The zero-order valence-corrected chi connectivity index (χ0v) is 11.6. The minimum absolute atomic E-state index is 0.0143. The van der Waals surface area contributed by atoms with Crippen LogP contribution in [0.4, 0.5) is 5.69 Å². The maximum atomic E-state index is 10.5. The van der Waals surface area contributed by atoms with Crippen molar-refractivity contribution in [1.82, 2.24) is 0 Å². The van der Waals surface area contributed by atoms with Crippen molar-refractivity contribution in [3.05, 3.63) is 28.8 Å². The second kappa shape index (κ2) is 6.60. The van der Waals surface area contributed by atoms with E-state index in [2.05, 4.69) is 11.0 Å². The highest BCUT2D eigenvalue weighted by Gasteiger charge is 2.22. The van der Waals surface area contributed by atoms with Gasteiger partial charge in [0.25, 0.3) is 0 Å². The van der Waals surface area contributed by atoms with Crippen molar-refractivity contribution in [3.63, 3.8) is 0 Å². The molecule has 1 heterocycles. The van der Waals surface area contributed by atoms with Crippen LogP contribution >= 0.6 is 11.6 Å². The lowest BCUT2D eigenvalue weighted by Gasteiger charge is -2.33. The van der Waals surface area contributed by atoms with Gasteiger partial charge in [0.15, 0.2) is 0 Å². The van der Waals surface area contributed by atoms with Crippen molar-refractivity contribution in [1.29, 1.82) is 5.26 Å². The molecule has 0 saturated carbocycles. The first-order valence-electron chi connectivity index (χ1n) is 6.38. The number of nitriles is 1. The molecule has 1 N–H and O–H groups in total. The average Bonchev–Trinajstić information content (AvgIpc) is 2.45. The van der Waals surface area contributed by atoms with E-state index in [0.717, 1.165) is 31.6 Å². The van der Waals surface area contributed by atoms with Crippen LogP contribution in [0.5, 0.6) is 0 Å². The van der Waals surface area contributed by atoms with E-state index in [1.54, 1.807) is 12.1 Å². The van der Waals surface area contributed by atoms with Gasteiger partial charge in [0.05, 0.1) is 28.4 Å². The summed E-state index contributed by atoms with van der Waals surface area (Å²) in [6.45, 7) is 1.27. The molecular weight excluding hydrogens is 280 g/mol. The van der Waals surface area contributed by atoms with E-state index in [4.69, 9.17) is 26.7 Å². The molecule has 0 aromatic heterocycles. The van der Waals surface area contributed by atoms with Gasteiger partial charge in [-0.25, -0.2) is 4.79 Å². The SMILES string of the molecule is N#Cc1ccc(N2CCC(OCC(=O)O)CC2)c(Cl)c1. The summed E-state index contributed by atoms with van der Waals surface area (Å²) in [5.74, 6) is -0.942. The number of hydrogen-bond acceptors (Lipinski definition) is 4. The number of anilines is 1. The van der Waals surface area contributed by atoms with Crippen LogP contribution in [0.2, 0.25) is 5.02 Å². The summed E-state index contributed by atoms with van der Waals surface area (Å²) >= 11 is 6.18. The summed E-state index contributed by atoms with van der Waals surface area (Å²) in [6.07, 6.45) is 1.52. The standard InChI is InChI=1S/C14H15ClN2O3/c15-12-7-10(8-16)1-2-13(12)17-5-3-11(4-6-17)20-9-14(18)19/h1-2,7,11H,3-6,9H2,(H,18,19). The number of nitrogens with zero attached hydrogens (tertiary/aromatic N) is 2. The smallest absolute Gasteiger partial charge is 0.329 e. The Balaban J connectivity index is 1.94. The molecule has 0 bridgehead atoms. The Bertz CT molecular complexity index is 534. The van der Waals surface area contributed by atoms with Gasteiger partial charge in [0.1, 0.15) is 6.61 Å². The van der Waals surface area contributed by atoms with Crippen LogP contribution in [0.25, 0.3) is 0 Å². The predicted octanol–water partition coefficient (Wildman–Crippen LogP) is 2.28. The Morgan fingerprint density at radius 2 is 2.20 bits per heavy atom. The normalized spacial score (nSPS) is 15.9. The quantitative estimate of drug-likeness (QED) is 0.922. The highest BCUT2D eigenvalue weighted by Crippen LogP contribution is 2.29. The van der Waals surface area contributed by atoms with Gasteiger partial charge in [-0.15, -0.1) is 0 Å². The van der Waals surface area contributed by atoms with Gasteiger partial charge in [-0.05, 0) is 31.0 Å².